The zero-order chi connectivity index (χ0) is 19.2. The summed E-state index contributed by atoms with van der Waals surface area (Å²) in [7, 11) is -0.506. The molecule has 1 N–H and O–H groups in total. The van der Waals surface area contributed by atoms with Gasteiger partial charge in [-0.25, -0.2) is 4.79 Å². The lowest BCUT2D eigenvalue weighted by Crippen LogP contribution is -2.44. The van der Waals surface area contributed by atoms with Gasteiger partial charge in [-0.3, -0.25) is 4.90 Å². The van der Waals surface area contributed by atoms with Crippen LogP contribution in [0.5, 0.6) is 0 Å². The van der Waals surface area contributed by atoms with Crippen LogP contribution in [0.2, 0.25) is 5.02 Å². The summed E-state index contributed by atoms with van der Waals surface area (Å²) >= 11 is 6.31. The van der Waals surface area contributed by atoms with Gasteiger partial charge in [0.05, 0.1) is 17.7 Å². The van der Waals surface area contributed by atoms with Crippen LogP contribution < -0.4 is 5.46 Å². The summed E-state index contributed by atoms with van der Waals surface area (Å²) in [5.41, 5.74) is 0.157. The van der Waals surface area contributed by atoms with E-state index in [1.165, 1.54) is 4.90 Å². The molecular formula is C18H27BClNO4. The van der Waals surface area contributed by atoms with Crippen LogP contribution in [-0.2, 0) is 15.9 Å². The summed E-state index contributed by atoms with van der Waals surface area (Å²) in [6, 6.07) is 5.49. The summed E-state index contributed by atoms with van der Waals surface area (Å²) in [6.45, 7) is 13.7. The highest BCUT2D eigenvalue weighted by atomic mass is 35.5. The second-order valence-corrected chi connectivity index (χ2v) is 8.89. The Bertz CT molecular complexity index is 654. The molecule has 0 atom stereocenters. The third-order valence-corrected chi connectivity index (χ3v) is 5.33. The number of hydrogen-bond donors (Lipinski definition) is 1. The van der Waals surface area contributed by atoms with E-state index in [0.29, 0.717) is 5.02 Å². The largest absolute Gasteiger partial charge is 0.494 e. The Kier molecular flexibility index (Phi) is 5.21. The van der Waals surface area contributed by atoms with E-state index in [2.05, 4.69) is 0 Å². The predicted molar refractivity (Wildman–Crippen MR) is 100 cm³/mol. The Hall–Kier alpha value is -1.24. The van der Waals surface area contributed by atoms with E-state index in [-0.39, 0.29) is 6.54 Å². The molecule has 1 aliphatic rings. The molecule has 1 aromatic rings. The monoisotopic (exact) mass is 367 g/mol. The molecule has 0 spiro atoms. The Morgan fingerprint density at radius 3 is 2.16 bits per heavy atom. The summed E-state index contributed by atoms with van der Waals surface area (Å²) < 4.78 is 12.1. The van der Waals surface area contributed by atoms with Gasteiger partial charge in [0.25, 0.3) is 0 Å². The van der Waals surface area contributed by atoms with Crippen LogP contribution in [0, 0.1) is 0 Å². The van der Waals surface area contributed by atoms with Gasteiger partial charge in [0, 0.05) is 10.6 Å². The first kappa shape index (κ1) is 20.1. The van der Waals surface area contributed by atoms with E-state index in [1.807, 2.05) is 60.6 Å². The standard InChI is InChI=1S/C18H27BClNO4/c1-16(2,3)21(15(22)23)11-12-10-13(8-9-14(12)20)19-24-17(4,5)18(6,7)25-19/h8-10H,11H2,1-7H3,(H,22,23). The lowest BCUT2D eigenvalue weighted by Gasteiger charge is -2.33. The SMILES string of the molecule is CC(C)(C)N(Cc1cc(B2OC(C)(C)C(C)(C)O2)ccc1Cl)C(=O)O. The Morgan fingerprint density at radius 2 is 1.72 bits per heavy atom. The predicted octanol–water partition coefficient (Wildman–Crippen LogP) is 3.92. The highest BCUT2D eigenvalue weighted by Crippen LogP contribution is 2.36. The van der Waals surface area contributed by atoms with Crippen molar-refractivity contribution in [3.8, 4) is 0 Å². The van der Waals surface area contributed by atoms with Crippen molar-refractivity contribution in [1.82, 2.24) is 4.90 Å². The second kappa shape index (κ2) is 6.49. The van der Waals surface area contributed by atoms with Gasteiger partial charge in [-0.1, -0.05) is 23.7 Å². The number of rotatable bonds is 3. The zero-order valence-corrected chi connectivity index (χ0v) is 16.8. The minimum absolute atomic E-state index is 0.199. The number of carbonyl (C=O) groups is 1. The molecule has 1 fully saturated rings. The van der Waals surface area contributed by atoms with Gasteiger partial charge in [0.1, 0.15) is 0 Å². The van der Waals surface area contributed by atoms with Gasteiger partial charge < -0.3 is 14.4 Å². The Morgan fingerprint density at radius 1 is 1.20 bits per heavy atom. The number of amides is 1. The first-order chi connectivity index (χ1) is 11.2. The fourth-order valence-corrected chi connectivity index (χ4v) is 2.78. The summed E-state index contributed by atoms with van der Waals surface area (Å²) in [6.07, 6.45) is -0.982. The molecule has 0 radical (unpaired) electrons. The van der Waals surface area contributed by atoms with Crippen LogP contribution >= 0.6 is 11.6 Å². The number of nitrogens with zero attached hydrogens (tertiary/aromatic N) is 1. The smallest absolute Gasteiger partial charge is 0.465 e. The van der Waals surface area contributed by atoms with Crippen molar-refractivity contribution >= 4 is 30.3 Å². The summed E-state index contributed by atoms with van der Waals surface area (Å²) in [4.78, 5) is 13.0. The van der Waals surface area contributed by atoms with Crippen LogP contribution in [0.4, 0.5) is 4.79 Å². The molecule has 2 rings (SSSR count). The molecule has 1 amide bonds. The fourth-order valence-electron chi connectivity index (χ4n) is 2.60. The van der Waals surface area contributed by atoms with Crippen molar-refractivity contribution in [1.29, 1.82) is 0 Å². The topological polar surface area (TPSA) is 59.0 Å². The molecule has 5 nitrogen and oxygen atoms in total. The lowest BCUT2D eigenvalue weighted by molar-refractivity contribution is 0.00578. The molecule has 0 unspecified atom stereocenters. The minimum Gasteiger partial charge on any atom is -0.465 e. The molecule has 138 valence electrons. The van der Waals surface area contributed by atoms with Crippen molar-refractivity contribution < 1.29 is 19.2 Å². The van der Waals surface area contributed by atoms with Gasteiger partial charge in [-0.2, -0.15) is 0 Å². The van der Waals surface area contributed by atoms with Gasteiger partial charge in [-0.15, -0.1) is 0 Å². The molecule has 1 saturated heterocycles. The van der Waals surface area contributed by atoms with E-state index < -0.39 is 30.0 Å². The van der Waals surface area contributed by atoms with Gasteiger partial charge in [0.2, 0.25) is 0 Å². The average Bonchev–Trinajstić information content (AvgIpc) is 2.64. The molecule has 25 heavy (non-hydrogen) atoms. The molecule has 1 heterocycles. The Labute approximate surface area is 155 Å². The molecule has 1 aromatic carbocycles. The van der Waals surface area contributed by atoms with Crippen LogP contribution in [0.1, 0.15) is 54.0 Å². The van der Waals surface area contributed by atoms with Crippen LogP contribution in [0.3, 0.4) is 0 Å². The van der Waals surface area contributed by atoms with E-state index in [4.69, 9.17) is 20.9 Å². The normalized spacial score (nSPS) is 19.1. The van der Waals surface area contributed by atoms with Crippen molar-refractivity contribution in [3.63, 3.8) is 0 Å². The molecule has 0 aliphatic carbocycles. The highest BCUT2D eigenvalue weighted by molar-refractivity contribution is 6.62. The van der Waals surface area contributed by atoms with E-state index in [0.717, 1.165) is 11.0 Å². The van der Waals surface area contributed by atoms with Crippen molar-refractivity contribution in [2.24, 2.45) is 0 Å². The van der Waals surface area contributed by atoms with Gasteiger partial charge in [0.15, 0.2) is 0 Å². The van der Waals surface area contributed by atoms with Crippen molar-refractivity contribution in [2.45, 2.75) is 71.8 Å². The van der Waals surface area contributed by atoms with Crippen LogP contribution in [0.25, 0.3) is 0 Å². The van der Waals surface area contributed by atoms with E-state index >= 15 is 0 Å². The Balaban J connectivity index is 2.31. The minimum atomic E-state index is -0.982. The average molecular weight is 368 g/mol. The van der Waals surface area contributed by atoms with E-state index in [9.17, 15) is 9.90 Å². The maximum absolute atomic E-state index is 11.6. The zero-order valence-electron chi connectivity index (χ0n) is 16.0. The van der Waals surface area contributed by atoms with Crippen LogP contribution in [0.15, 0.2) is 18.2 Å². The first-order valence-corrected chi connectivity index (χ1v) is 8.77. The fraction of sp³-hybridized carbons (Fsp3) is 0.611. The summed E-state index contributed by atoms with van der Waals surface area (Å²) in [5, 5.41) is 10.0. The number of hydrogen-bond acceptors (Lipinski definition) is 3. The van der Waals surface area contributed by atoms with Crippen molar-refractivity contribution in [2.75, 3.05) is 0 Å². The van der Waals surface area contributed by atoms with E-state index in [1.54, 1.807) is 6.07 Å². The lowest BCUT2D eigenvalue weighted by atomic mass is 9.78. The third-order valence-electron chi connectivity index (χ3n) is 4.96. The molecule has 1 aliphatic heterocycles. The molecule has 7 heteroatoms. The number of benzene rings is 1. The quantitative estimate of drug-likeness (QED) is 0.823. The molecule has 0 bridgehead atoms. The summed E-state index contributed by atoms with van der Waals surface area (Å²) in [5.74, 6) is 0. The highest BCUT2D eigenvalue weighted by Gasteiger charge is 2.51. The molecule has 0 saturated carbocycles. The molecular weight excluding hydrogens is 340 g/mol. The maximum Gasteiger partial charge on any atom is 0.494 e. The maximum atomic E-state index is 11.6. The van der Waals surface area contributed by atoms with Crippen molar-refractivity contribution in [3.05, 3.63) is 28.8 Å². The number of carboxylic acid groups (broad SMARTS) is 1. The second-order valence-electron chi connectivity index (χ2n) is 8.48. The third kappa shape index (κ3) is 4.13. The first-order valence-electron chi connectivity index (χ1n) is 8.39. The molecule has 0 aromatic heterocycles. The van der Waals surface area contributed by atoms with Gasteiger partial charge in [-0.05, 0) is 65.6 Å². The van der Waals surface area contributed by atoms with Crippen LogP contribution in [-0.4, -0.2) is 40.0 Å². The van der Waals surface area contributed by atoms with Gasteiger partial charge >= 0.3 is 13.2 Å². The number of halogens is 1.